The second-order valence-corrected chi connectivity index (χ2v) is 4.62. The molecule has 0 aliphatic carbocycles. The summed E-state index contributed by atoms with van der Waals surface area (Å²) in [5.74, 6) is 0.142. The third kappa shape index (κ3) is 1.20. The number of carbonyl (C=O) groups excluding carboxylic acids is 1. The lowest BCUT2D eigenvalue weighted by atomic mass is 9.88. The van der Waals surface area contributed by atoms with Crippen molar-refractivity contribution in [3.63, 3.8) is 0 Å². The molecule has 3 rings (SSSR count). The van der Waals surface area contributed by atoms with Crippen molar-refractivity contribution >= 4 is 11.6 Å². The lowest BCUT2D eigenvalue weighted by Crippen LogP contribution is -2.54. The van der Waals surface area contributed by atoms with Crippen LogP contribution in [0.2, 0.25) is 0 Å². The van der Waals surface area contributed by atoms with Crippen LogP contribution in [0.1, 0.15) is 11.1 Å². The Bertz CT molecular complexity index is 466. The summed E-state index contributed by atoms with van der Waals surface area (Å²) < 4.78 is 5.15. The molecule has 1 amide bonds. The molecular weight excluding hydrogens is 204 g/mol. The maximum Gasteiger partial charge on any atom is 0.231 e. The van der Waals surface area contributed by atoms with Crippen molar-refractivity contribution in [2.45, 2.75) is 12.0 Å². The molecule has 2 aliphatic heterocycles. The molecule has 4 nitrogen and oxygen atoms in total. The van der Waals surface area contributed by atoms with E-state index in [1.54, 1.807) is 11.9 Å². The maximum absolute atomic E-state index is 11.5. The van der Waals surface area contributed by atoms with E-state index >= 15 is 0 Å². The molecule has 2 N–H and O–H groups in total. The minimum Gasteiger partial charge on any atom is -0.377 e. The number of ether oxygens (including phenoxy) is 1. The van der Waals surface area contributed by atoms with Crippen molar-refractivity contribution in [2.24, 2.45) is 5.73 Å². The quantitative estimate of drug-likeness (QED) is 0.742. The molecule has 0 radical (unpaired) electrons. The molecule has 0 bridgehead atoms. The molecule has 1 saturated heterocycles. The number of anilines is 1. The first-order chi connectivity index (χ1) is 7.60. The van der Waals surface area contributed by atoms with Crippen molar-refractivity contribution in [2.75, 3.05) is 25.2 Å². The number of rotatable bonds is 1. The fraction of sp³-hybridized carbons (Fsp3) is 0.417. The minimum absolute atomic E-state index is 0.142. The summed E-state index contributed by atoms with van der Waals surface area (Å²) in [6, 6.07) is 6.01. The molecule has 0 saturated carbocycles. The number of nitrogens with zero attached hydrogens (tertiary/aromatic N) is 1. The Morgan fingerprint density at radius 2 is 2.19 bits per heavy atom. The van der Waals surface area contributed by atoms with Gasteiger partial charge in [-0.3, -0.25) is 4.79 Å². The van der Waals surface area contributed by atoms with Crippen molar-refractivity contribution in [1.29, 1.82) is 0 Å². The Hall–Kier alpha value is -1.39. The van der Waals surface area contributed by atoms with E-state index in [0.717, 1.165) is 16.8 Å². The van der Waals surface area contributed by atoms with E-state index in [1.807, 2.05) is 18.2 Å². The molecule has 2 heterocycles. The number of amides is 1. The Morgan fingerprint density at radius 3 is 2.81 bits per heavy atom. The predicted octanol–water partition coefficient (Wildman–Crippen LogP) is 0.390. The van der Waals surface area contributed by atoms with Gasteiger partial charge in [0.25, 0.3) is 0 Å². The van der Waals surface area contributed by atoms with Crippen LogP contribution in [-0.2, 0) is 21.5 Å². The highest BCUT2D eigenvalue weighted by atomic mass is 16.5. The Kier molecular flexibility index (Phi) is 1.87. The molecule has 4 heteroatoms. The van der Waals surface area contributed by atoms with E-state index in [4.69, 9.17) is 10.5 Å². The SMILES string of the molecule is CN1C(=O)Cc2cc(C3(N)COC3)ccc21. The van der Waals surface area contributed by atoms with Gasteiger partial charge >= 0.3 is 0 Å². The molecule has 0 atom stereocenters. The zero-order valence-corrected chi connectivity index (χ0v) is 9.19. The van der Waals surface area contributed by atoms with Crippen molar-refractivity contribution in [3.8, 4) is 0 Å². The summed E-state index contributed by atoms with van der Waals surface area (Å²) in [5, 5.41) is 0. The predicted molar refractivity (Wildman–Crippen MR) is 60.2 cm³/mol. The highest BCUT2D eigenvalue weighted by Gasteiger charge is 2.37. The number of nitrogens with two attached hydrogens (primary N) is 1. The van der Waals surface area contributed by atoms with Crippen LogP contribution in [0.25, 0.3) is 0 Å². The maximum atomic E-state index is 11.5. The first kappa shape index (κ1) is 9.81. The second-order valence-electron chi connectivity index (χ2n) is 4.62. The Morgan fingerprint density at radius 1 is 1.44 bits per heavy atom. The van der Waals surface area contributed by atoms with Gasteiger partial charge in [0.05, 0.1) is 25.2 Å². The summed E-state index contributed by atoms with van der Waals surface area (Å²) >= 11 is 0. The molecular formula is C12H14N2O2. The third-order valence-electron chi connectivity index (χ3n) is 3.45. The molecule has 2 aliphatic rings. The summed E-state index contributed by atoms with van der Waals surface area (Å²) in [4.78, 5) is 13.2. The number of hydrogen-bond donors (Lipinski definition) is 1. The van der Waals surface area contributed by atoms with E-state index in [2.05, 4.69) is 0 Å². The molecule has 16 heavy (non-hydrogen) atoms. The number of benzene rings is 1. The highest BCUT2D eigenvalue weighted by Crippen LogP contribution is 2.33. The first-order valence-corrected chi connectivity index (χ1v) is 5.37. The van der Waals surface area contributed by atoms with Crippen LogP contribution < -0.4 is 10.6 Å². The van der Waals surface area contributed by atoms with Crippen molar-refractivity contribution < 1.29 is 9.53 Å². The molecule has 0 spiro atoms. The standard InChI is InChI=1S/C12H14N2O2/c1-14-10-3-2-9(12(13)6-16-7-12)4-8(10)5-11(14)15/h2-4H,5-7,13H2,1H3. The zero-order valence-electron chi connectivity index (χ0n) is 9.19. The van der Waals surface area contributed by atoms with Gasteiger partial charge in [-0.1, -0.05) is 12.1 Å². The van der Waals surface area contributed by atoms with E-state index in [0.29, 0.717) is 19.6 Å². The smallest absolute Gasteiger partial charge is 0.231 e. The van der Waals surface area contributed by atoms with Gasteiger partial charge in [0.15, 0.2) is 0 Å². The van der Waals surface area contributed by atoms with Gasteiger partial charge in [-0.05, 0) is 17.2 Å². The van der Waals surface area contributed by atoms with Crippen LogP contribution >= 0.6 is 0 Å². The summed E-state index contributed by atoms with van der Waals surface area (Å²) in [7, 11) is 1.80. The molecule has 1 aromatic carbocycles. The third-order valence-corrected chi connectivity index (χ3v) is 3.45. The molecule has 0 aromatic heterocycles. The zero-order chi connectivity index (χ0) is 11.3. The largest absolute Gasteiger partial charge is 0.377 e. The van der Waals surface area contributed by atoms with Crippen LogP contribution in [0.3, 0.4) is 0 Å². The number of carbonyl (C=O) groups is 1. The van der Waals surface area contributed by atoms with Crippen LogP contribution in [0.15, 0.2) is 18.2 Å². The average Bonchev–Trinajstić information content (AvgIpc) is 2.51. The monoisotopic (exact) mass is 218 g/mol. The van der Waals surface area contributed by atoms with Gasteiger partial charge in [0.1, 0.15) is 0 Å². The first-order valence-electron chi connectivity index (χ1n) is 5.37. The summed E-state index contributed by atoms with van der Waals surface area (Å²) in [5.41, 5.74) is 8.95. The van der Waals surface area contributed by atoms with Gasteiger partial charge in [-0.15, -0.1) is 0 Å². The number of fused-ring (bicyclic) bond motifs is 1. The van der Waals surface area contributed by atoms with Crippen LogP contribution in [0.4, 0.5) is 5.69 Å². The van der Waals surface area contributed by atoms with Crippen molar-refractivity contribution in [3.05, 3.63) is 29.3 Å². The van der Waals surface area contributed by atoms with Gasteiger partial charge in [-0.2, -0.15) is 0 Å². The lowest BCUT2D eigenvalue weighted by molar-refractivity contribution is -0.117. The van der Waals surface area contributed by atoms with Gasteiger partial charge < -0.3 is 15.4 Å². The van der Waals surface area contributed by atoms with Crippen LogP contribution in [0.5, 0.6) is 0 Å². The Balaban J connectivity index is 2.01. The lowest BCUT2D eigenvalue weighted by Gasteiger charge is -2.38. The second kappa shape index (κ2) is 3.06. The molecule has 1 fully saturated rings. The fourth-order valence-corrected chi connectivity index (χ4v) is 2.27. The molecule has 1 aromatic rings. The minimum atomic E-state index is -0.348. The van der Waals surface area contributed by atoms with Crippen LogP contribution in [0, 0.1) is 0 Å². The van der Waals surface area contributed by atoms with Gasteiger partial charge in [-0.25, -0.2) is 0 Å². The normalized spacial score (nSPS) is 21.9. The summed E-state index contributed by atoms with van der Waals surface area (Å²) in [6.07, 6.45) is 0.483. The molecule has 0 unspecified atom stereocenters. The van der Waals surface area contributed by atoms with E-state index in [-0.39, 0.29) is 11.4 Å². The fourth-order valence-electron chi connectivity index (χ4n) is 2.27. The van der Waals surface area contributed by atoms with E-state index in [9.17, 15) is 4.79 Å². The van der Waals surface area contributed by atoms with Crippen LogP contribution in [-0.4, -0.2) is 26.2 Å². The molecule has 84 valence electrons. The van der Waals surface area contributed by atoms with Gasteiger partial charge in [0, 0.05) is 12.7 Å². The highest BCUT2D eigenvalue weighted by molar-refractivity contribution is 6.00. The Labute approximate surface area is 94.0 Å². The van der Waals surface area contributed by atoms with E-state index in [1.165, 1.54) is 0 Å². The topological polar surface area (TPSA) is 55.6 Å². The van der Waals surface area contributed by atoms with Gasteiger partial charge in [0.2, 0.25) is 5.91 Å². The average molecular weight is 218 g/mol. The van der Waals surface area contributed by atoms with E-state index < -0.39 is 0 Å². The summed E-state index contributed by atoms with van der Waals surface area (Å²) in [6.45, 7) is 1.13. The number of likely N-dealkylation sites (N-methyl/N-ethyl adjacent to an activating group) is 1. The number of hydrogen-bond acceptors (Lipinski definition) is 3. The van der Waals surface area contributed by atoms with Crippen molar-refractivity contribution in [1.82, 2.24) is 0 Å².